The summed E-state index contributed by atoms with van der Waals surface area (Å²) in [4.78, 5) is 51.9. The SMILES string of the molecule is C[C@@]12CSC(=N1)c1csc(n1)CNC(=O)CC(/C=C/CCSC(c1ccccc1)(c1ccccc1)c1ccccc1)OC(=O)[C@@H]1CCCN1C2=O. The highest BCUT2D eigenvalue weighted by Crippen LogP contribution is 2.48. The van der Waals surface area contributed by atoms with Crippen LogP contribution in [0.25, 0.3) is 0 Å². The maximum Gasteiger partial charge on any atom is 0.329 e. The smallest absolute Gasteiger partial charge is 0.329 e. The Bertz CT molecular complexity index is 1820. The summed E-state index contributed by atoms with van der Waals surface area (Å²) in [7, 11) is 0. The lowest BCUT2D eigenvalue weighted by molar-refractivity contribution is -0.157. The van der Waals surface area contributed by atoms with E-state index >= 15 is 0 Å². The fourth-order valence-corrected chi connectivity index (χ4v) is 10.3. The third kappa shape index (κ3) is 7.56. The second-order valence-corrected chi connectivity index (χ2v) is 16.3. The number of rotatable bonds is 8. The van der Waals surface area contributed by atoms with Crippen LogP contribution < -0.4 is 5.32 Å². The van der Waals surface area contributed by atoms with Crippen LogP contribution in [0.2, 0.25) is 0 Å². The van der Waals surface area contributed by atoms with Crippen LogP contribution in [-0.2, 0) is 30.4 Å². The minimum atomic E-state index is -0.983. The molecule has 3 aliphatic heterocycles. The van der Waals surface area contributed by atoms with Crippen molar-refractivity contribution in [1.82, 2.24) is 15.2 Å². The number of hydrogen-bond donors (Lipinski definition) is 1. The topological polar surface area (TPSA) is 101 Å². The molecular weight excluding hydrogens is 697 g/mol. The molecule has 0 spiro atoms. The largest absolute Gasteiger partial charge is 0.456 e. The third-order valence-electron chi connectivity index (χ3n) is 9.44. The van der Waals surface area contributed by atoms with Crippen molar-refractivity contribution in [2.75, 3.05) is 18.1 Å². The molecule has 0 aliphatic carbocycles. The molecule has 8 nitrogen and oxygen atoms in total. The van der Waals surface area contributed by atoms with Crippen molar-refractivity contribution in [3.8, 4) is 0 Å². The zero-order chi connectivity index (χ0) is 35.3. The molecule has 51 heavy (non-hydrogen) atoms. The summed E-state index contributed by atoms with van der Waals surface area (Å²) >= 11 is 4.79. The van der Waals surface area contributed by atoms with Gasteiger partial charge in [0.1, 0.15) is 33.4 Å². The van der Waals surface area contributed by atoms with E-state index in [0.717, 1.165) is 10.8 Å². The molecule has 4 heterocycles. The van der Waals surface area contributed by atoms with E-state index in [0.29, 0.717) is 42.3 Å². The van der Waals surface area contributed by atoms with Gasteiger partial charge < -0.3 is 15.0 Å². The predicted molar refractivity (Wildman–Crippen MR) is 206 cm³/mol. The predicted octanol–water partition coefficient (Wildman–Crippen LogP) is 6.99. The number of nitrogens with zero attached hydrogens (tertiary/aromatic N) is 3. The molecule has 1 saturated heterocycles. The van der Waals surface area contributed by atoms with Gasteiger partial charge in [-0.05, 0) is 54.7 Å². The maximum atomic E-state index is 13.9. The second-order valence-electron chi connectivity index (χ2n) is 13.1. The van der Waals surface area contributed by atoms with Crippen LogP contribution in [0.4, 0.5) is 0 Å². The van der Waals surface area contributed by atoms with Gasteiger partial charge in [-0.3, -0.25) is 14.6 Å². The first-order chi connectivity index (χ1) is 24.9. The van der Waals surface area contributed by atoms with Crippen LogP contribution in [0.5, 0.6) is 0 Å². The minimum Gasteiger partial charge on any atom is -0.456 e. The first-order valence-electron chi connectivity index (χ1n) is 17.3. The molecule has 2 amide bonds. The number of ether oxygens (including phenoxy) is 1. The fraction of sp³-hybridized carbons (Fsp3) is 0.325. The van der Waals surface area contributed by atoms with E-state index in [4.69, 9.17) is 9.73 Å². The number of benzene rings is 3. The normalized spacial score (nSPS) is 22.8. The molecule has 11 heteroatoms. The second kappa shape index (κ2) is 15.6. The number of aromatic nitrogens is 1. The van der Waals surface area contributed by atoms with Crippen LogP contribution in [0.15, 0.2) is 114 Å². The molecule has 3 atom stereocenters. The Morgan fingerprint density at radius 1 is 0.980 bits per heavy atom. The maximum absolute atomic E-state index is 13.9. The van der Waals surface area contributed by atoms with Crippen LogP contribution in [0.1, 0.15) is 60.0 Å². The number of thioether (sulfide) groups is 2. The van der Waals surface area contributed by atoms with Gasteiger partial charge in [0.2, 0.25) is 5.91 Å². The van der Waals surface area contributed by atoms with Gasteiger partial charge in [0.15, 0.2) is 0 Å². The highest BCUT2D eigenvalue weighted by molar-refractivity contribution is 8.14. The third-order valence-corrected chi connectivity index (χ3v) is 13.2. The Balaban J connectivity index is 1.11. The Kier molecular flexibility index (Phi) is 10.8. The average Bonchev–Trinajstić information content (AvgIpc) is 3.94. The standard InChI is InChI=1S/C40H40N4O4S3/c1-39-27-50-36(43-39)32-26-49-35(42-32)25-41-34(45)24-31(48-37(46)33-21-13-22-44(33)38(39)47)20-11-12-23-51-40(28-14-5-2-6-15-28,29-16-7-3-8-17-29)30-18-9-4-10-19-30/h2-11,14-20,26,31,33H,12-13,21-25,27H2,1H3,(H,41,45)/b20-11+/t31?,33-,39-/m0/s1. The molecule has 3 aromatic carbocycles. The average molecular weight is 737 g/mol. The monoisotopic (exact) mass is 736 g/mol. The number of carbonyl (C=O) groups excluding carboxylic acids is 3. The summed E-state index contributed by atoms with van der Waals surface area (Å²) in [5.41, 5.74) is 3.30. The minimum absolute atomic E-state index is 0.0312. The van der Waals surface area contributed by atoms with Crippen molar-refractivity contribution in [2.24, 2.45) is 4.99 Å². The van der Waals surface area contributed by atoms with Gasteiger partial charge in [0.25, 0.3) is 5.91 Å². The molecule has 7 rings (SSSR count). The number of allylic oxidation sites excluding steroid dienone is 1. The molecule has 0 radical (unpaired) electrons. The molecule has 1 unspecified atom stereocenters. The molecule has 0 saturated carbocycles. The van der Waals surface area contributed by atoms with Gasteiger partial charge in [0, 0.05) is 17.7 Å². The lowest BCUT2D eigenvalue weighted by atomic mass is 9.84. The van der Waals surface area contributed by atoms with E-state index in [1.807, 2.05) is 54.4 Å². The Labute approximate surface area is 311 Å². The molecule has 3 aliphatic rings. The molecule has 4 bridgehead atoms. The highest BCUT2D eigenvalue weighted by atomic mass is 32.2. The number of thiazole rings is 1. The van der Waals surface area contributed by atoms with Gasteiger partial charge >= 0.3 is 5.97 Å². The molecule has 1 fully saturated rings. The first kappa shape index (κ1) is 35.2. The van der Waals surface area contributed by atoms with Crippen LogP contribution in [-0.4, -0.2) is 68.4 Å². The number of carbonyl (C=O) groups is 3. The zero-order valence-electron chi connectivity index (χ0n) is 28.4. The number of nitrogens with one attached hydrogen (secondary N) is 1. The van der Waals surface area contributed by atoms with Gasteiger partial charge in [-0.1, -0.05) is 97.1 Å². The number of hydrogen-bond acceptors (Lipinski definition) is 9. The Morgan fingerprint density at radius 2 is 1.63 bits per heavy atom. The summed E-state index contributed by atoms with van der Waals surface area (Å²) in [5, 5.41) is 6.32. The summed E-state index contributed by atoms with van der Waals surface area (Å²) in [5.74, 6) is 0.339. The van der Waals surface area contributed by atoms with Gasteiger partial charge in [-0.2, -0.15) is 0 Å². The van der Waals surface area contributed by atoms with E-state index < -0.39 is 28.4 Å². The van der Waals surface area contributed by atoms with Crippen molar-refractivity contribution >= 4 is 57.7 Å². The molecule has 1 aromatic heterocycles. The van der Waals surface area contributed by atoms with Crippen molar-refractivity contribution in [1.29, 1.82) is 0 Å². The lowest BCUT2D eigenvalue weighted by Crippen LogP contribution is -2.51. The summed E-state index contributed by atoms with van der Waals surface area (Å²) in [6, 6.07) is 31.0. The number of fused-ring (bicyclic) bond motifs is 5. The van der Waals surface area contributed by atoms with E-state index in [1.165, 1.54) is 39.8 Å². The number of esters is 1. The number of amides is 2. The Hall–Kier alpha value is -4.19. The number of aliphatic imine (C=N–C) groups is 1. The van der Waals surface area contributed by atoms with E-state index in [9.17, 15) is 14.4 Å². The fourth-order valence-electron chi connectivity index (χ4n) is 6.90. The Morgan fingerprint density at radius 3 is 2.27 bits per heavy atom. The highest BCUT2D eigenvalue weighted by Gasteiger charge is 2.47. The van der Waals surface area contributed by atoms with Gasteiger partial charge in [0.05, 0.1) is 17.7 Å². The zero-order valence-corrected chi connectivity index (χ0v) is 30.9. The number of cyclic esters (lactones) is 1. The molecular formula is C40H40N4O4S3. The van der Waals surface area contributed by atoms with Crippen molar-refractivity contribution in [3.63, 3.8) is 0 Å². The summed E-state index contributed by atoms with van der Waals surface area (Å²) < 4.78 is 5.59. The molecule has 262 valence electrons. The van der Waals surface area contributed by atoms with Crippen molar-refractivity contribution in [3.05, 3.63) is 136 Å². The van der Waals surface area contributed by atoms with Crippen molar-refractivity contribution in [2.45, 2.75) is 61.6 Å². The van der Waals surface area contributed by atoms with Crippen molar-refractivity contribution < 1.29 is 19.1 Å². The van der Waals surface area contributed by atoms with Crippen LogP contribution in [0.3, 0.4) is 0 Å². The molecule has 4 aromatic rings. The first-order valence-corrected chi connectivity index (χ1v) is 20.1. The summed E-state index contributed by atoms with van der Waals surface area (Å²) in [6.07, 6.45) is 4.90. The van der Waals surface area contributed by atoms with Crippen LogP contribution in [0, 0.1) is 0 Å². The lowest BCUT2D eigenvalue weighted by Gasteiger charge is -2.35. The summed E-state index contributed by atoms with van der Waals surface area (Å²) in [6.45, 7) is 2.56. The molecule has 1 N–H and O–H groups in total. The van der Waals surface area contributed by atoms with Gasteiger partial charge in [-0.25, -0.2) is 9.78 Å². The van der Waals surface area contributed by atoms with E-state index in [1.54, 1.807) is 4.90 Å². The van der Waals surface area contributed by atoms with Crippen LogP contribution >= 0.6 is 34.9 Å². The van der Waals surface area contributed by atoms with E-state index in [2.05, 4.69) is 83.1 Å². The van der Waals surface area contributed by atoms with Gasteiger partial charge in [-0.15, -0.1) is 34.9 Å². The van der Waals surface area contributed by atoms with E-state index in [-0.39, 0.29) is 24.8 Å². The quantitative estimate of drug-likeness (QED) is 0.0901.